The van der Waals surface area contributed by atoms with Gasteiger partial charge in [-0.3, -0.25) is 0 Å². The molecule has 1 aromatic heterocycles. The van der Waals surface area contributed by atoms with Gasteiger partial charge in [-0.25, -0.2) is 13.9 Å². The zero-order valence-electron chi connectivity index (χ0n) is 16.5. The predicted octanol–water partition coefficient (Wildman–Crippen LogP) is 3.33. The number of urea groups is 1. The van der Waals surface area contributed by atoms with Gasteiger partial charge < -0.3 is 21.3 Å². The second-order valence-electron chi connectivity index (χ2n) is 6.90. The predicted molar refractivity (Wildman–Crippen MR) is 114 cm³/mol. The monoisotopic (exact) mass is 396 g/mol. The van der Waals surface area contributed by atoms with Gasteiger partial charge in [0.15, 0.2) is 5.82 Å². The van der Waals surface area contributed by atoms with Crippen LogP contribution in [0.2, 0.25) is 0 Å². The van der Waals surface area contributed by atoms with Gasteiger partial charge in [-0.15, -0.1) is 0 Å². The van der Waals surface area contributed by atoms with Crippen molar-refractivity contribution < 1.29 is 9.18 Å². The van der Waals surface area contributed by atoms with Crippen LogP contribution in [0.25, 0.3) is 16.9 Å². The van der Waals surface area contributed by atoms with Crippen LogP contribution in [0.3, 0.4) is 0 Å². The molecule has 4 N–H and O–H groups in total. The number of hydrogen-bond donors (Lipinski definition) is 3. The molecule has 0 bridgehead atoms. The Morgan fingerprint density at radius 2 is 1.83 bits per heavy atom. The molecule has 0 saturated heterocycles. The maximum absolute atomic E-state index is 13.3. The van der Waals surface area contributed by atoms with Crippen LogP contribution in [0.5, 0.6) is 0 Å². The number of nitrogens with one attached hydrogen (secondary N) is 2. The third kappa shape index (κ3) is 5.11. The molecule has 7 nitrogen and oxygen atoms in total. The van der Waals surface area contributed by atoms with Crippen molar-refractivity contribution in [1.29, 1.82) is 0 Å². The van der Waals surface area contributed by atoms with Crippen LogP contribution < -0.4 is 16.4 Å². The lowest BCUT2D eigenvalue weighted by molar-refractivity contribution is 0.251. The molecule has 3 rings (SSSR count). The molecule has 0 aliphatic carbocycles. The Hall–Kier alpha value is -3.39. The van der Waals surface area contributed by atoms with Gasteiger partial charge in [0.2, 0.25) is 0 Å². The number of hydrogen-bond acceptors (Lipinski definition) is 4. The summed E-state index contributed by atoms with van der Waals surface area (Å²) in [5, 5.41) is 10.2. The number of halogens is 1. The van der Waals surface area contributed by atoms with Crippen molar-refractivity contribution in [1.82, 2.24) is 20.0 Å². The summed E-state index contributed by atoms with van der Waals surface area (Å²) < 4.78 is 14.8. The summed E-state index contributed by atoms with van der Waals surface area (Å²) in [5.41, 5.74) is 8.66. The van der Waals surface area contributed by atoms with E-state index in [9.17, 15) is 9.18 Å². The van der Waals surface area contributed by atoms with Crippen molar-refractivity contribution in [2.45, 2.75) is 6.42 Å². The standard InChI is InChI=1S/C21H25FN6O/c1-27(2)14-6-13-24-21(29)25-19-18(15-7-4-3-5-8-15)26-28(20(19)23)17-11-9-16(22)10-12-17/h3-5,7-12H,6,13-14,23H2,1-2H3,(H2,24,25,29). The second kappa shape index (κ2) is 9.20. The van der Waals surface area contributed by atoms with Gasteiger partial charge in [-0.2, -0.15) is 5.10 Å². The fraction of sp³-hybridized carbons (Fsp3) is 0.238. The van der Waals surface area contributed by atoms with E-state index in [1.54, 1.807) is 12.1 Å². The highest BCUT2D eigenvalue weighted by Gasteiger charge is 2.20. The average Bonchev–Trinajstić information content (AvgIpc) is 3.03. The number of aromatic nitrogens is 2. The van der Waals surface area contributed by atoms with E-state index in [1.165, 1.54) is 16.8 Å². The van der Waals surface area contributed by atoms with Crippen LogP contribution in [0.15, 0.2) is 54.6 Å². The normalized spacial score (nSPS) is 10.9. The maximum Gasteiger partial charge on any atom is 0.319 e. The highest BCUT2D eigenvalue weighted by molar-refractivity contribution is 5.97. The smallest absolute Gasteiger partial charge is 0.319 e. The first-order valence-electron chi connectivity index (χ1n) is 9.35. The molecule has 0 atom stereocenters. The van der Waals surface area contributed by atoms with E-state index >= 15 is 0 Å². The number of rotatable bonds is 7. The average molecular weight is 396 g/mol. The summed E-state index contributed by atoms with van der Waals surface area (Å²) >= 11 is 0. The summed E-state index contributed by atoms with van der Waals surface area (Å²) in [6.45, 7) is 1.41. The van der Waals surface area contributed by atoms with Gasteiger partial charge in [-0.1, -0.05) is 30.3 Å². The molecule has 0 unspecified atom stereocenters. The zero-order valence-corrected chi connectivity index (χ0v) is 16.5. The number of nitrogens with zero attached hydrogens (tertiary/aromatic N) is 3. The SMILES string of the molecule is CN(C)CCCNC(=O)Nc1c(-c2ccccc2)nn(-c2ccc(F)cc2)c1N. The number of nitrogen functional groups attached to an aromatic ring is 1. The second-order valence-corrected chi connectivity index (χ2v) is 6.90. The van der Waals surface area contributed by atoms with Gasteiger partial charge in [0, 0.05) is 12.1 Å². The van der Waals surface area contributed by atoms with Crippen LogP contribution in [-0.4, -0.2) is 47.9 Å². The summed E-state index contributed by atoms with van der Waals surface area (Å²) in [6, 6.07) is 14.9. The number of amides is 2. The lowest BCUT2D eigenvalue weighted by Crippen LogP contribution is -2.31. The number of carbonyl (C=O) groups is 1. The molecule has 0 saturated carbocycles. The van der Waals surface area contributed by atoms with E-state index in [-0.39, 0.29) is 17.7 Å². The van der Waals surface area contributed by atoms with E-state index in [0.717, 1.165) is 18.5 Å². The minimum absolute atomic E-state index is 0.263. The Morgan fingerprint density at radius 3 is 2.48 bits per heavy atom. The molecule has 1 heterocycles. The Kier molecular flexibility index (Phi) is 6.46. The van der Waals surface area contributed by atoms with Gasteiger partial charge in [0.1, 0.15) is 17.2 Å². The molecule has 0 aliphatic rings. The van der Waals surface area contributed by atoms with Crippen LogP contribution in [0, 0.1) is 5.82 Å². The van der Waals surface area contributed by atoms with E-state index in [0.29, 0.717) is 23.6 Å². The molecule has 152 valence electrons. The Bertz CT molecular complexity index is 953. The summed E-state index contributed by atoms with van der Waals surface area (Å²) in [6.07, 6.45) is 0.830. The quantitative estimate of drug-likeness (QED) is 0.535. The fourth-order valence-electron chi connectivity index (χ4n) is 2.89. The van der Waals surface area contributed by atoms with Crippen molar-refractivity contribution in [3.05, 3.63) is 60.4 Å². The number of nitrogens with two attached hydrogens (primary N) is 1. The Balaban J connectivity index is 1.88. The van der Waals surface area contributed by atoms with E-state index in [2.05, 4.69) is 20.6 Å². The van der Waals surface area contributed by atoms with Crippen LogP contribution in [-0.2, 0) is 0 Å². The lowest BCUT2D eigenvalue weighted by atomic mass is 10.1. The van der Waals surface area contributed by atoms with E-state index in [1.807, 2.05) is 44.4 Å². The van der Waals surface area contributed by atoms with Crippen molar-refractivity contribution in [2.24, 2.45) is 0 Å². The van der Waals surface area contributed by atoms with Gasteiger partial charge in [-0.05, 0) is 51.3 Å². The van der Waals surface area contributed by atoms with Crippen molar-refractivity contribution in [2.75, 3.05) is 38.2 Å². The van der Waals surface area contributed by atoms with Crippen molar-refractivity contribution in [3.8, 4) is 16.9 Å². The Morgan fingerprint density at radius 1 is 1.14 bits per heavy atom. The number of carbonyl (C=O) groups excluding carboxylic acids is 1. The molecule has 0 radical (unpaired) electrons. The molecule has 0 fully saturated rings. The van der Waals surface area contributed by atoms with Crippen LogP contribution in [0.1, 0.15) is 6.42 Å². The largest absolute Gasteiger partial charge is 0.382 e. The molecule has 0 aliphatic heterocycles. The Labute approximate surface area is 169 Å². The molecule has 0 spiro atoms. The first-order valence-corrected chi connectivity index (χ1v) is 9.35. The zero-order chi connectivity index (χ0) is 20.8. The van der Waals surface area contributed by atoms with Gasteiger partial charge in [0.25, 0.3) is 0 Å². The van der Waals surface area contributed by atoms with Gasteiger partial charge in [0.05, 0.1) is 5.69 Å². The molecular weight excluding hydrogens is 371 g/mol. The first kappa shape index (κ1) is 20.3. The summed E-state index contributed by atoms with van der Waals surface area (Å²) in [4.78, 5) is 14.5. The molecular formula is C21H25FN6O. The first-order chi connectivity index (χ1) is 14.0. The summed E-state index contributed by atoms with van der Waals surface area (Å²) in [5.74, 6) is -0.0860. The molecule has 29 heavy (non-hydrogen) atoms. The van der Waals surface area contributed by atoms with Crippen molar-refractivity contribution in [3.63, 3.8) is 0 Å². The number of benzene rings is 2. The van der Waals surface area contributed by atoms with Crippen LogP contribution in [0.4, 0.5) is 20.7 Å². The van der Waals surface area contributed by atoms with E-state index in [4.69, 9.17) is 5.73 Å². The lowest BCUT2D eigenvalue weighted by Gasteiger charge is -2.11. The topological polar surface area (TPSA) is 88.2 Å². The van der Waals surface area contributed by atoms with Gasteiger partial charge >= 0.3 is 6.03 Å². The molecule has 8 heteroatoms. The van der Waals surface area contributed by atoms with Crippen LogP contribution >= 0.6 is 0 Å². The molecule has 2 aromatic carbocycles. The molecule has 2 amide bonds. The summed E-state index contributed by atoms with van der Waals surface area (Å²) in [7, 11) is 3.97. The minimum atomic E-state index is -0.355. The third-order valence-corrected chi connectivity index (χ3v) is 4.35. The maximum atomic E-state index is 13.3. The van der Waals surface area contributed by atoms with E-state index < -0.39 is 0 Å². The minimum Gasteiger partial charge on any atom is -0.382 e. The highest BCUT2D eigenvalue weighted by atomic mass is 19.1. The third-order valence-electron chi connectivity index (χ3n) is 4.35. The van der Waals surface area contributed by atoms with Crippen molar-refractivity contribution >= 4 is 17.5 Å². The number of anilines is 2. The fourth-order valence-corrected chi connectivity index (χ4v) is 2.89. The highest BCUT2D eigenvalue weighted by Crippen LogP contribution is 2.34. The molecule has 3 aromatic rings.